The van der Waals surface area contributed by atoms with Crippen LogP contribution in [0.15, 0.2) is 12.2 Å². The Labute approximate surface area is 144 Å². The van der Waals surface area contributed by atoms with E-state index < -0.39 is 5.60 Å². The van der Waals surface area contributed by atoms with Crippen molar-refractivity contribution in [2.45, 2.75) is 57.7 Å². The molecule has 2 atom stereocenters. The first-order valence-corrected chi connectivity index (χ1v) is 8.91. The van der Waals surface area contributed by atoms with E-state index in [9.17, 15) is 9.59 Å². The highest BCUT2D eigenvalue weighted by Crippen LogP contribution is 2.33. The minimum atomic E-state index is -0.463. The van der Waals surface area contributed by atoms with Crippen LogP contribution in [0, 0.1) is 5.92 Å². The van der Waals surface area contributed by atoms with Crippen molar-refractivity contribution >= 4 is 12.0 Å². The number of nitrogens with zero attached hydrogens (tertiary/aromatic N) is 3. The molecule has 0 saturated carbocycles. The number of amides is 2. The predicted molar refractivity (Wildman–Crippen MR) is 91.3 cm³/mol. The smallest absolute Gasteiger partial charge is 0.410 e. The SMILES string of the molecule is CN(C(=O)OC(C)(C)C)C1CCN(CN2C(=O)C3C=CC2C3)CC1. The molecule has 2 heterocycles. The molecule has 2 saturated heterocycles. The van der Waals surface area contributed by atoms with Crippen LogP contribution in [-0.2, 0) is 9.53 Å². The second kappa shape index (κ2) is 6.39. The fourth-order valence-corrected chi connectivity index (χ4v) is 3.79. The maximum atomic E-state index is 12.2. The highest BCUT2D eigenvalue weighted by Gasteiger charge is 2.41. The van der Waals surface area contributed by atoms with Gasteiger partial charge < -0.3 is 14.5 Å². The average molecular weight is 335 g/mol. The minimum absolute atomic E-state index is 0.117. The summed E-state index contributed by atoms with van der Waals surface area (Å²) in [5, 5.41) is 0. The van der Waals surface area contributed by atoms with E-state index in [1.165, 1.54) is 0 Å². The predicted octanol–water partition coefficient (Wildman–Crippen LogP) is 2.06. The second-order valence-corrected chi connectivity index (χ2v) is 8.18. The van der Waals surface area contributed by atoms with Gasteiger partial charge in [0.15, 0.2) is 0 Å². The molecule has 2 fully saturated rings. The van der Waals surface area contributed by atoms with Crippen LogP contribution in [0.1, 0.15) is 40.0 Å². The molecule has 0 N–H and O–H groups in total. The lowest BCUT2D eigenvalue weighted by Crippen LogP contribution is -2.50. The van der Waals surface area contributed by atoms with Gasteiger partial charge >= 0.3 is 6.09 Å². The van der Waals surface area contributed by atoms with Gasteiger partial charge in [0.1, 0.15) is 5.60 Å². The van der Waals surface area contributed by atoms with E-state index >= 15 is 0 Å². The largest absolute Gasteiger partial charge is 0.444 e. The number of carbonyl (C=O) groups is 2. The Bertz CT molecular complexity index is 532. The summed E-state index contributed by atoms with van der Waals surface area (Å²) in [6, 6.07) is 0.506. The normalized spacial score (nSPS) is 27.8. The highest BCUT2D eigenvalue weighted by molar-refractivity contribution is 5.85. The molecule has 3 aliphatic rings. The van der Waals surface area contributed by atoms with Gasteiger partial charge in [-0.05, 0) is 40.0 Å². The van der Waals surface area contributed by atoms with Crippen LogP contribution in [0.25, 0.3) is 0 Å². The topological polar surface area (TPSA) is 53.1 Å². The second-order valence-electron chi connectivity index (χ2n) is 8.18. The van der Waals surface area contributed by atoms with Crippen molar-refractivity contribution < 1.29 is 14.3 Å². The summed E-state index contributed by atoms with van der Waals surface area (Å²) in [7, 11) is 1.82. The van der Waals surface area contributed by atoms with Crippen molar-refractivity contribution in [3.05, 3.63) is 12.2 Å². The molecule has 3 rings (SSSR count). The lowest BCUT2D eigenvalue weighted by atomic mass is 10.0. The van der Waals surface area contributed by atoms with Gasteiger partial charge in [-0.2, -0.15) is 0 Å². The van der Waals surface area contributed by atoms with Crippen LogP contribution in [-0.4, -0.2) is 71.2 Å². The number of ether oxygens (including phenoxy) is 1. The molecular formula is C18H29N3O3. The summed E-state index contributed by atoms with van der Waals surface area (Å²) in [4.78, 5) is 30.4. The van der Waals surface area contributed by atoms with Crippen LogP contribution in [0.5, 0.6) is 0 Å². The van der Waals surface area contributed by atoms with E-state index in [4.69, 9.17) is 4.74 Å². The van der Waals surface area contributed by atoms with Crippen LogP contribution in [0.4, 0.5) is 4.79 Å². The lowest BCUT2D eigenvalue weighted by molar-refractivity contribution is -0.133. The number of piperidine rings is 1. The van der Waals surface area contributed by atoms with Crippen molar-refractivity contribution in [1.82, 2.24) is 14.7 Å². The monoisotopic (exact) mass is 335 g/mol. The Kier molecular flexibility index (Phi) is 4.60. The van der Waals surface area contributed by atoms with Gasteiger partial charge in [-0.3, -0.25) is 9.69 Å². The molecule has 134 valence electrons. The Balaban J connectivity index is 1.47. The van der Waals surface area contributed by atoms with Crippen LogP contribution < -0.4 is 0 Å². The minimum Gasteiger partial charge on any atom is -0.444 e. The molecule has 0 radical (unpaired) electrons. The molecule has 0 aromatic carbocycles. The zero-order chi connectivity index (χ0) is 17.5. The Morgan fingerprint density at radius 3 is 2.50 bits per heavy atom. The van der Waals surface area contributed by atoms with Gasteiger partial charge in [0, 0.05) is 26.2 Å². The van der Waals surface area contributed by atoms with Crippen LogP contribution in [0.3, 0.4) is 0 Å². The summed E-state index contributed by atoms with van der Waals surface area (Å²) >= 11 is 0. The fourth-order valence-electron chi connectivity index (χ4n) is 3.79. The van der Waals surface area contributed by atoms with E-state index in [1.807, 2.05) is 38.8 Å². The van der Waals surface area contributed by atoms with Gasteiger partial charge in [0.05, 0.1) is 18.6 Å². The number of hydrogen-bond acceptors (Lipinski definition) is 4. The molecule has 0 spiro atoms. The molecule has 2 unspecified atom stereocenters. The molecule has 6 nitrogen and oxygen atoms in total. The molecule has 2 bridgehead atoms. The first kappa shape index (κ1) is 17.3. The third-order valence-corrected chi connectivity index (χ3v) is 5.20. The van der Waals surface area contributed by atoms with E-state index in [1.54, 1.807) is 4.90 Å². The third kappa shape index (κ3) is 3.58. The number of carbonyl (C=O) groups excluding carboxylic acids is 2. The summed E-state index contributed by atoms with van der Waals surface area (Å²) in [5.74, 6) is 0.390. The van der Waals surface area contributed by atoms with Gasteiger partial charge in [-0.15, -0.1) is 0 Å². The van der Waals surface area contributed by atoms with Crippen molar-refractivity contribution in [3.63, 3.8) is 0 Å². The van der Waals surface area contributed by atoms with E-state index in [0.717, 1.165) is 32.4 Å². The van der Waals surface area contributed by atoms with E-state index in [2.05, 4.69) is 11.0 Å². The number of fused-ring (bicyclic) bond motifs is 2. The average Bonchev–Trinajstić information content (AvgIpc) is 3.09. The van der Waals surface area contributed by atoms with Crippen LogP contribution in [0.2, 0.25) is 0 Å². The van der Waals surface area contributed by atoms with Gasteiger partial charge in [0.25, 0.3) is 0 Å². The Morgan fingerprint density at radius 2 is 1.96 bits per heavy atom. The first-order chi connectivity index (χ1) is 11.2. The number of rotatable bonds is 3. The van der Waals surface area contributed by atoms with Crippen molar-refractivity contribution in [2.24, 2.45) is 5.92 Å². The standard InChI is InChI=1S/C18H29N3O3/c1-18(2,3)24-17(23)19(4)14-7-9-20(10-8-14)12-21-15-6-5-13(11-15)16(21)22/h5-6,13-15H,7-12H2,1-4H3. The van der Waals surface area contributed by atoms with Crippen molar-refractivity contribution in [2.75, 3.05) is 26.8 Å². The van der Waals surface area contributed by atoms with E-state index in [-0.39, 0.29) is 24.0 Å². The molecule has 2 amide bonds. The number of likely N-dealkylation sites (tertiary alicyclic amines) is 2. The Hall–Kier alpha value is -1.56. The highest BCUT2D eigenvalue weighted by atomic mass is 16.6. The molecule has 1 aliphatic carbocycles. The molecule has 0 aromatic rings. The summed E-state index contributed by atoms with van der Waals surface area (Å²) in [6.07, 6.45) is 6.75. The van der Waals surface area contributed by atoms with Crippen molar-refractivity contribution in [1.29, 1.82) is 0 Å². The zero-order valence-electron chi connectivity index (χ0n) is 15.2. The zero-order valence-corrected chi connectivity index (χ0v) is 15.2. The molecular weight excluding hydrogens is 306 g/mol. The first-order valence-electron chi connectivity index (χ1n) is 8.91. The molecule has 2 aliphatic heterocycles. The van der Waals surface area contributed by atoms with E-state index in [0.29, 0.717) is 12.7 Å². The fraction of sp³-hybridized carbons (Fsp3) is 0.778. The quantitative estimate of drug-likeness (QED) is 0.741. The summed E-state index contributed by atoms with van der Waals surface area (Å²) in [6.45, 7) is 8.18. The maximum absolute atomic E-state index is 12.2. The summed E-state index contributed by atoms with van der Waals surface area (Å²) < 4.78 is 5.45. The number of hydrogen-bond donors (Lipinski definition) is 0. The van der Waals surface area contributed by atoms with Gasteiger partial charge in [0.2, 0.25) is 5.91 Å². The Morgan fingerprint density at radius 1 is 1.29 bits per heavy atom. The molecule has 24 heavy (non-hydrogen) atoms. The third-order valence-electron chi connectivity index (χ3n) is 5.20. The molecule has 0 aromatic heterocycles. The lowest BCUT2D eigenvalue weighted by Gasteiger charge is -2.39. The van der Waals surface area contributed by atoms with Gasteiger partial charge in [-0.25, -0.2) is 4.79 Å². The van der Waals surface area contributed by atoms with Crippen molar-refractivity contribution in [3.8, 4) is 0 Å². The van der Waals surface area contributed by atoms with Crippen LogP contribution >= 0.6 is 0 Å². The maximum Gasteiger partial charge on any atom is 0.410 e. The molecule has 6 heteroatoms. The van der Waals surface area contributed by atoms with Gasteiger partial charge in [-0.1, -0.05) is 12.2 Å². The summed E-state index contributed by atoms with van der Waals surface area (Å²) in [5.41, 5.74) is -0.463.